The first kappa shape index (κ1) is 12.7. The van der Waals surface area contributed by atoms with Gasteiger partial charge in [-0.05, 0) is 26.1 Å². The minimum absolute atomic E-state index is 0.337. The van der Waals surface area contributed by atoms with Gasteiger partial charge in [0.2, 0.25) is 0 Å². The smallest absolute Gasteiger partial charge is 0.0639 e. The van der Waals surface area contributed by atoms with Gasteiger partial charge in [-0.1, -0.05) is 23.7 Å². The molecule has 0 bridgehead atoms. The number of halogens is 1. The number of nitrogens with zero attached hydrogens (tertiary/aromatic N) is 2. The predicted octanol–water partition coefficient (Wildman–Crippen LogP) is 1.81. The molecule has 0 aliphatic carbocycles. The van der Waals surface area contributed by atoms with E-state index in [4.69, 9.17) is 17.3 Å². The fourth-order valence-corrected chi connectivity index (χ4v) is 2.94. The van der Waals surface area contributed by atoms with Gasteiger partial charge in [-0.3, -0.25) is 0 Å². The third-order valence-corrected chi connectivity index (χ3v) is 3.69. The Hall–Kier alpha value is -0.770. The van der Waals surface area contributed by atoms with Crippen molar-refractivity contribution in [3.8, 4) is 0 Å². The molecule has 2 N–H and O–H groups in total. The molecule has 0 amide bonds. The molecule has 17 heavy (non-hydrogen) atoms. The standard InChI is InChI=1S/C13H20ClN3/c1-10-8-16(2)9-11(7-15)17(10)13-6-4-3-5-12(13)14/h3-6,10-11H,7-9,15H2,1-2H3. The van der Waals surface area contributed by atoms with E-state index in [9.17, 15) is 0 Å². The summed E-state index contributed by atoms with van der Waals surface area (Å²) in [5.74, 6) is 0. The molecular weight excluding hydrogens is 234 g/mol. The minimum Gasteiger partial charge on any atom is -0.361 e. The monoisotopic (exact) mass is 253 g/mol. The molecule has 94 valence electrons. The lowest BCUT2D eigenvalue weighted by molar-refractivity contribution is 0.235. The molecule has 3 nitrogen and oxygen atoms in total. The maximum absolute atomic E-state index is 6.29. The zero-order valence-corrected chi connectivity index (χ0v) is 11.2. The van der Waals surface area contributed by atoms with Crippen LogP contribution in [0.4, 0.5) is 5.69 Å². The van der Waals surface area contributed by atoms with Gasteiger partial charge in [-0.2, -0.15) is 0 Å². The Morgan fingerprint density at radius 1 is 1.35 bits per heavy atom. The molecule has 1 aromatic carbocycles. The molecule has 1 aliphatic rings. The van der Waals surface area contributed by atoms with Gasteiger partial charge in [0.15, 0.2) is 0 Å². The molecule has 0 radical (unpaired) electrons. The van der Waals surface area contributed by atoms with Gasteiger partial charge in [-0.15, -0.1) is 0 Å². The first-order chi connectivity index (χ1) is 8.13. The Kier molecular flexibility index (Phi) is 3.92. The molecule has 0 saturated carbocycles. The number of hydrogen-bond donors (Lipinski definition) is 1. The van der Waals surface area contributed by atoms with E-state index >= 15 is 0 Å². The number of anilines is 1. The second-order valence-corrected chi connectivity index (χ2v) is 5.23. The summed E-state index contributed by atoms with van der Waals surface area (Å²) in [4.78, 5) is 4.69. The first-order valence-electron chi connectivity index (χ1n) is 6.05. The highest BCUT2D eigenvalue weighted by atomic mass is 35.5. The van der Waals surface area contributed by atoms with Crippen LogP contribution in [-0.4, -0.2) is 43.7 Å². The van der Waals surface area contributed by atoms with E-state index in [0.29, 0.717) is 18.6 Å². The minimum atomic E-state index is 0.337. The second kappa shape index (κ2) is 5.25. The van der Waals surface area contributed by atoms with E-state index in [1.165, 1.54) is 0 Å². The first-order valence-corrected chi connectivity index (χ1v) is 6.42. The average molecular weight is 254 g/mol. The van der Waals surface area contributed by atoms with Crippen molar-refractivity contribution in [2.24, 2.45) is 5.73 Å². The number of nitrogens with two attached hydrogens (primary N) is 1. The molecule has 1 aliphatic heterocycles. The molecular formula is C13H20ClN3. The lowest BCUT2D eigenvalue weighted by Crippen LogP contribution is -2.59. The van der Waals surface area contributed by atoms with Crippen molar-refractivity contribution in [3.05, 3.63) is 29.3 Å². The van der Waals surface area contributed by atoms with Gasteiger partial charge in [0.05, 0.1) is 16.8 Å². The maximum atomic E-state index is 6.29. The van der Waals surface area contributed by atoms with Gasteiger partial charge < -0.3 is 15.5 Å². The van der Waals surface area contributed by atoms with E-state index in [0.717, 1.165) is 23.8 Å². The number of rotatable bonds is 2. The van der Waals surface area contributed by atoms with E-state index in [-0.39, 0.29) is 0 Å². The van der Waals surface area contributed by atoms with Crippen LogP contribution in [0, 0.1) is 0 Å². The van der Waals surface area contributed by atoms with Crippen LogP contribution in [0.1, 0.15) is 6.92 Å². The molecule has 1 saturated heterocycles. The molecule has 1 aromatic rings. The third-order valence-electron chi connectivity index (χ3n) is 3.37. The van der Waals surface area contributed by atoms with Gasteiger partial charge in [0.1, 0.15) is 0 Å². The quantitative estimate of drug-likeness (QED) is 0.873. The highest BCUT2D eigenvalue weighted by molar-refractivity contribution is 6.33. The molecule has 4 heteroatoms. The summed E-state index contributed by atoms with van der Waals surface area (Å²) in [6, 6.07) is 8.78. The SMILES string of the molecule is CC1CN(C)CC(CN)N1c1ccccc1Cl. The normalized spacial score (nSPS) is 26.2. The Morgan fingerprint density at radius 3 is 2.71 bits per heavy atom. The lowest BCUT2D eigenvalue weighted by Gasteiger charge is -2.46. The Balaban J connectivity index is 2.31. The van der Waals surface area contributed by atoms with Crippen molar-refractivity contribution in [1.29, 1.82) is 0 Å². The van der Waals surface area contributed by atoms with Crippen molar-refractivity contribution < 1.29 is 0 Å². The highest BCUT2D eigenvalue weighted by Crippen LogP contribution is 2.30. The summed E-state index contributed by atoms with van der Waals surface area (Å²) in [7, 11) is 2.14. The van der Waals surface area contributed by atoms with Crippen LogP contribution in [0.5, 0.6) is 0 Å². The topological polar surface area (TPSA) is 32.5 Å². The number of para-hydroxylation sites is 1. The third kappa shape index (κ3) is 2.57. The van der Waals surface area contributed by atoms with E-state index in [2.05, 4.69) is 29.8 Å². The predicted molar refractivity (Wildman–Crippen MR) is 73.7 cm³/mol. The van der Waals surface area contributed by atoms with E-state index in [1.54, 1.807) is 0 Å². The van der Waals surface area contributed by atoms with Crippen LogP contribution >= 0.6 is 11.6 Å². The second-order valence-electron chi connectivity index (χ2n) is 4.82. The fraction of sp³-hybridized carbons (Fsp3) is 0.538. The molecule has 2 rings (SSSR count). The van der Waals surface area contributed by atoms with Gasteiger partial charge in [0, 0.05) is 25.7 Å². The van der Waals surface area contributed by atoms with Crippen molar-refractivity contribution in [3.63, 3.8) is 0 Å². The zero-order valence-electron chi connectivity index (χ0n) is 10.4. The maximum Gasteiger partial charge on any atom is 0.0639 e. The van der Waals surface area contributed by atoms with Crippen LogP contribution in [0.25, 0.3) is 0 Å². The largest absolute Gasteiger partial charge is 0.361 e. The highest BCUT2D eigenvalue weighted by Gasteiger charge is 2.30. The number of likely N-dealkylation sites (N-methyl/N-ethyl adjacent to an activating group) is 1. The fourth-order valence-electron chi connectivity index (χ4n) is 2.70. The van der Waals surface area contributed by atoms with Crippen LogP contribution < -0.4 is 10.6 Å². The Bertz CT molecular complexity index is 383. The molecule has 0 spiro atoms. The van der Waals surface area contributed by atoms with Crippen LogP contribution in [-0.2, 0) is 0 Å². The number of hydrogen-bond acceptors (Lipinski definition) is 3. The Morgan fingerprint density at radius 2 is 2.06 bits per heavy atom. The lowest BCUT2D eigenvalue weighted by atomic mass is 10.1. The summed E-state index contributed by atoms with van der Waals surface area (Å²) in [6.45, 7) is 4.91. The van der Waals surface area contributed by atoms with Crippen molar-refractivity contribution in [2.45, 2.75) is 19.0 Å². The summed E-state index contributed by atoms with van der Waals surface area (Å²) in [5, 5.41) is 0.808. The van der Waals surface area contributed by atoms with E-state index < -0.39 is 0 Å². The molecule has 2 unspecified atom stereocenters. The van der Waals surface area contributed by atoms with Gasteiger partial charge in [-0.25, -0.2) is 0 Å². The number of benzene rings is 1. The zero-order chi connectivity index (χ0) is 12.4. The Labute approximate surface area is 108 Å². The van der Waals surface area contributed by atoms with Gasteiger partial charge in [0.25, 0.3) is 0 Å². The van der Waals surface area contributed by atoms with Crippen LogP contribution in [0.2, 0.25) is 5.02 Å². The summed E-state index contributed by atoms with van der Waals surface area (Å²) in [5.41, 5.74) is 7.00. The molecule has 0 aromatic heterocycles. The van der Waals surface area contributed by atoms with Crippen molar-refractivity contribution in [1.82, 2.24) is 4.90 Å². The molecule has 2 atom stereocenters. The summed E-state index contributed by atoms with van der Waals surface area (Å²) >= 11 is 6.29. The van der Waals surface area contributed by atoms with Gasteiger partial charge >= 0.3 is 0 Å². The average Bonchev–Trinajstić information content (AvgIpc) is 2.29. The van der Waals surface area contributed by atoms with Crippen molar-refractivity contribution in [2.75, 3.05) is 31.6 Å². The van der Waals surface area contributed by atoms with Crippen LogP contribution in [0.3, 0.4) is 0 Å². The molecule has 1 fully saturated rings. The van der Waals surface area contributed by atoms with Crippen molar-refractivity contribution >= 4 is 17.3 Å². The summed E-state index contributed by atoms with van der Waals surface area (Å²) < 4.78 is 0. The number of piperazine rings is 1. The summed E-state index contributed by atoms with van der Waals surface area (Å²) in [6.07, 6.45) is 0. The molecule has 1 heterocycles. The van der Waals surface area contributed by atoms with E-state index in [1.807, 2.05) is 18.2 Å². The van der Waals surface area contributed by atoms with Crippen LogP contribution in [0.15, 0.2) is 24.3 Å².